The van der Waals surface area contributed by atoms with Crippen LogP contribution in [0.1, 0.15) is 39.6 Å². The molecule has 27 heavy (non-hydrogen) atoms. The van der Waals surface area contributed by atoms with Gasteiger partial charge in [-0.2, -0.15) is 5.10 Å². The SMILES string of the molecule is COc1cc(C2CC(=O)c3cn4nc(C)cc4nc3C2)cc(OC)c1OC. The highest BCUT2D eigenvalue weighted by Crippen LogP contribution is 2.42. The predicted octanol–water partition coefficient (Wildman–Crippen LogP) is 2.98. The molecule has 2 aromatic heterocycles. The summed E-state index contributed by atoms with van der Waals surface area (Å²) in [5, 5.41) is 4.35. The van der Waals surface area contributed by atoms with E-state index in [1.54, 1.807) is 32.0 Å². The standard InChI is InChI=1S/C20H21N3O4/c1-11-5-19-21-15-6-12(7-16(24)14(15)10-23(19)22-11)13-8-17(25-2)20(27-4)18(9-13)26-3/h5,8-10,12H,6-7H2,1-4H3. The second-order valence-electron chi connectivity index (χ2n) is 6.68. The second kappa shape index (κ2) is 6.57. The van der Waals surface area contributed by atoms with Crippen LogP contribution < -0.4 is 14.2 Å². The molecular formula is C20H21N3O4. The normalized spacial score (nSPS) is 16.3. The fourth-order valence-electron chi connectivity index (χ4n) is 3.68. The Labute approximate surface area is 156 Å². The summed E-state index contributed by atoms with van der Waals surface area (Å²) in [4.78, 5) is 17.5. The van der Waals surface area contributed by atoms with Crippen molar-refractivity contribution < 1.29 is 19.0 Å². The zero-order valence-electron chi connectivity index (χ0n) is 15.8. The molecule has 0 spiro atoms. The summed E-state index contributed by atoms with van der Waals surface area (Å²) < 4.78 is 18.0. The number of methoxy groups -OCH3 is 3. The van der Waals surface area contributed by atoms with Gasteiger partial charge in [0.15, 0.2) is 22.9 Å². The summed E-state index contributed by atoms with van der Waals surface area (Å²) in [5.74, 6) is 1.77. The maximum Gasteiger partial charge on any atom is 0.203 e. The molecule has 1 aliphatic rings. The zero-order valence-corrected chi connectivity index (χ0v) is 15.8. The minimum atomic E-state index is -0.00215. The van der Waals surface area contributed by atoms with Gasteiger partial charge in [-0.1, -0.05) is 0 Å². The number of aromatic nitrogens is 3. The largest absolute Gasteiger partial charge is 0.493 e. The summed E-state index contributed by atoms with van der Waals surface area (Å²) in [6.45, 7) is 1.91. The molecule has 0 radical (unpaired) electrons. The molecule has 3 aromatic rings. The van der Waals surface area contributed by atoms with E-state index in [1.807, 2.05) is 25.1 Å². The lowest BCUT2D eigenvalue weighted by Crippen LogP contribution is -2.21. The number of aryl methyl sites for hydroxylation is 1. The van der Waals surface area contributed by atoms with Gasteiger partial charge < -0.3 is 14.2 Å². The van der Waals surface area contributed by atoms with E-state index < -0.39 is 0 Å². The van der Waals surface area contributed by atoms with Crippen molar-refractivity contribution in [3.8, 4) is 17.2 Å². The zero-order chi connectivity index (χ0) is 19.1. The van der Waals surface area contributed by atoms with E-state index in [4.69, 9.17) is 14.2 Å². The van der Waals surface area contributed by atoms with Gasteiger partial charge in [-0.25, -0.2) is 9.50 Å². The third-order valence-corrected chi connectivity index (χ3v) is 4.98. The highest BCUT2D eigenvalue weighted by Gasteiger charge is 2.29. The van der Waals surface area contributed by atoms with Crippen molar-refractivity contribution in [3.63, 3.8) is 0 Å². The van der Waals surface area contributed by atoms with Crippen molar-refractivity contribution in [2.24, 2.45) is 0 Å². The first-order chi connectivity index (χ1) is 13.0. The highest BCUT2D eigenvalue weighted by molar-refractivity contribution is 5.98. The van der Waals surface area contributed by atoms with E-state index in [0.717, 1.165) is 22.6 Å². The Morgan fingerprint density at radius 2 is 1.74 bits per heavy atom. The van der Waals surface area contributed by atoms with Gasteiger partial charge in [0.1, 0.15) is 0 Å². The Kier molecular flexibility index (Phi) is 4.22. The number of benzene rings is 1. The Bertz CT molecular complexity index is 1020. The molecule has 7 nitrogen and oxygen atoms in total. The van der Waals surface area contributed by atoms with Crippen molar-refractivity contribution in [2.45, 2.75) is 25.7 Å². The first kappa shape index (κ1) is 17.3. The molecule has 0 saturated heterocycles. The van der Waals surface area contributed by atoms with Crippen LogP contribution in [-0.2, 0) is 6.42 Å². The molecular weight excluding hydrogens is 346 g/mol. The molecule has 0 fully saturated rings. The average Bonchev–Trinajstić information content (AvgIpc) is 3.04. The number of rotatable bonds is 4. The van der Waals surface area contributed by atoms with Crippen LogP contribution in [0.4, 0.5) is 0 Å². The number of hydrogen-bond acceptors (Lipinski definition) is 6. The summed E-state index contributed by atoms with van der Waals surface area (Å²) in [6, 6.07) is 5.73. The third-order valence-electron chi connectivity index (χ3n) is 4.98. The molecule has 0 bridgehead atoms. The van der Waals surface area contributed by atoms with E-state index in [-0.39, 0.29) is 11.7 Å². The number of nitrogens with zero attached hydrogens (tertiary/aromatic N) is 3. The lowest BCUT2D eigenvalue weighted by molar-refractivity contribution is 0.0962. The topological polar surface area (TPSA) is 75.0 Å². The number of ketones is 1. The van der Waals surface area contributed by atoms with Gasteiger partial charge in [0.25, 0.3) is 0 Å². The maximum absolute atomic E-state index is 12.8. The van der Waals surface area contributed by atoms with E-state index in [0.29, 0.717) is 35.7 Å². The van der Waals surface area contributed by atoms with Crippen LogP contribution in [-0.4, -0.2) is 41.7 Å². The molecule has 140 valence electrons. The Morgan fingerprint density at radius 1 is 1.04 bits per heavy atom. The van der Waals surface area contributed by atoms with Crippen LogP contribution in [0.15, 0.2) is 24.4 Å². The van der Waals surface area contributed by atoms with E-state index >= 15 is 0 Å². The number of ether oxygens (including phenoxy) is 3. The van der Waals surface area contributed by atoms with Crippen molar-refractivity contribution >= 4 is 11.4 Å². The molecule has 0 amide bonds. The van der Waals surface area contributed by atoms with Crippen molar-refractivity contribution in [1.29, 1.82) is 0 Å². The molecule has 4 rings (SSSR count). The van der Waals surface area contributed by atoms with E-state index in [9.17, 15) is 4.79 Å². The third kappa shape index (κ3) is 2.89. The van der Waals surface area contributed by atoms with Gasteiger partial charge in [0, 0.05) is 18.7 Å². The van der Waals surface area contributed by atoms with Gasteiger partial charge in [0.05, 0.1) is 38.3 Å². The van der Waals surface area contributed by atoms with Crippen molar-refractivity contribution in [2.75, 3.05) is 21.3 Å². The maximum atomic E-state index is 12.8. The fraction of sp³-hybridized carbons (Fsp3) is 0.350. The summed E-state index contributed by atoms with van der Waals surface area (Å²) >= 11 is 0. The van der Waals surface area contributed by atoms with Crippen LogP contribution in [0.2, 0.25) is 0 Å². The van der Waals surface area contributed by atoms with Crippen LogP contribution in [0.3, 0.4) is 0 Å². The lowest BCUT2D eigenvalue weighted by Gasteiger charge is -2.24. The van der Waals surface area contributed by atoms with Crippen LogP contribution >= 0.6 is 0 Å². The van der Waals surface area contributed by atoms with Crippen molar-refractivity contribution in [3.05, 3.63) is 46.9 Å². The minimum Gasteiger partial charge on any atom is -0.493 e. The number of carbonyl (C=O) groups excluding carboxylic acids is 1. The Balaban J connectivity index is 1.76. The van der Waals surface area contributed by atoms with Crippen LogP contribution in [0.25, 0.3) is 5.65 Å². The number of carbonyl (C=O) groups is 1. The molecule has 1 aliphatic carbocycles. The Hall–Kier alpha value is -3.09. The Morgan fingerprint density at radius 3 is 2.37 bits per heavy atom. The van der Waals surface area contributed by atoms with Crippen molar-refractivity contribution in [1.82, 2.24) is 14.6 Å². The smallest absolute Gasteiger partial charge is 0.203 e. The molecule has 0 aliphatic heterocycles. The van der Waals surface area contributed by atoms with E-state index in [2.05, 4.69) is 10.1 Å². The lowest BCUT2D eigenvalue weighted by atomic mass is 9.82. The molecule has 2 heterocycles. The fourth-order valence-corrected chi connectivity index (χ4v) is 3.68. The quantitative estimate of drug-likeness (QED) is 0.706. The molecule has 0 N–H and O–H groups in total. The second-order valence-corrected chi connectivity index (χ2v) is 6.68. The highest BCUT2D eigenvalue weighted by atomic mass is 16.5. The monoisotopic (exact) mass is 367 g/mol. The summed E-state index contributed by atoms with van der Waals surface area (Å²) in [6.07, 6.45) is 2.86. The van der Waals surface area contributed by atoms with Crippen LogP contribution in [0, 0.1) is 6.92 Å². The molecule has 7 heteroatoms. The average molecular weight is 367 g/mol. The molecule has 0 saturated carbocycles. The van der Waals surface area contributed by atoms with Gasteiger partial charge >= 0.3 is 0 Å². The van der Waals surface area contributed by atoms with Gasteiger partial charge in [-0.3, -0.25) is 4.79 Å². The summed E-state index contributed by atoms with van der Waals surface area (Å²) in [5.41, 5.74) is 4.05. The van der Waals surface area contributed by atoms with Gasteiger partial charge in [-0.15, -0.1) is 0 Å². The number of fused-ring (bicyclic) bond motifs is 2. The minimum absolute atomic E-state index is 0.00215. The number of Topliss-reactive ketones (excluding diaryl/α,β-unsaturated/α-hetero) is 1. The molecule has 1 aromatic carbocycles. The predicted molar refractivity (Wildman–Crippen MR) is 99.2 cm³/mol. The molecule has 1 atom stereocenters. The number of hydrogen-bond donors (Lipinski definition) is 0. The van der Waals surface area contributed by atoms with Gasteiger partial charge in [-0.05, 0) is 37.0 Å². The first-order valence-corrected chi connectivity index (χ1v) is 8.73. The first-order valence-electron chi connectivity index (χ1n) is 8.73. The molecule has 1 unspecified atom stereocenters. The summed E-state index contributed by atoms with van der Waals surface area (Å²) in [7, 11) is 4.74. The van der Waals surface area contributed by atoms with Gasteiger partial charge in [0.2, 0.25) is 5.75 Å². The van der Waals surface area contributed by atoms with E-state index in [1.165, 1.54) is 0 Å². The van der Waals surface area contributed by atoms with Crippen LogP contribution in [0.5, 0.6) is 17.2 Å².